The fourth-order valence-corrected chi connectivity index (χ4v) is 3.62. The standard InChI is InChI=1S/C16H31N3O/c1-19-9-6-13(7-10-19)5-8-18-16(20)12-14-3-2-4-15(17)11-14/h13-15H,2-12,17H2,1H3,(H,18,20). The van der Waals surface area contributed by atoms with Gasteiger partial charge < -0.3 is 16.0 Å². The zero-order valence-corrected chi connectivity index (χ0v) is 12.9. The summed E-state index contributed by atoms with van der Waals surface area (Å²) in [5, 5.41) is 3.11. The molecule has 4 nitrogen and oxygen atoms in total. The lowest BCUT2D eigenvalue weighted by Gasteiger charge is -2.29. The lowest BCUT2D eigenvalue weighted by Crippen LogP contribution is -2.34. The van der Waals surface area contributed by atoms with Crippen LogP contribution in [0.15, 0.2) is 0 Å². The van der Waals surface area contributed by atoms with Crippen LogP contribution in [0.1, 0.15) is 51.4 Å². The van der Waals surface area contributed by atoms with Gasteiger partial charge in [0.15, 0.2) is 0 Å². The Hall–Kier alpha value is -0.610. The van der Waals surface area contributed by atoms with E-state index in [1.54, 1.807) is 0 Å². The lowest BCUT2D eigenvalue weighted by molar-refractivity contribution is -0.122. The van der Waals surface area contributed by atoms with E-state index in [0.717, 1.165) is 31.7 Å². The third-order valence-electron chi connectivity index (χ3n) is 5.01. The number of carbonyl (C=O) groups is 1. The van der Waals surface area contributed by atoms with E-state index >= 15 is 0 Å². The number of amides is 1. The predicted molar refractivity (Wildman–Crippen MR) is 82.4 cm³/mol. The van der Waals surface area contributed by atoms with Gasteiger partial charge in [-0.3, -0.25) is 4.79 Å². The molecule has 2 atom stereocenters. The number of nitrogens with two attached hydrogens (primary N) is 1. The maximum Gasteiger partial charge on any atom is 0.220 e. The smallest absolute Gasteiger partial charge is 0.220 e. The summed E-state index contributed by atoms with van der Waals surface area (Å²) in [6, 6.07) is 0.320. The van der Waals surface area contributed by atoms with Gasteiger partial charge in [-0.15, -0.1) is 0 Å². The van der Waals surface area contributed by atoms with Crippen molar-refractivity contribution in [1.29, 1.82) is 0 Å². The van der Waals surface area contributed by atoms with Crippen molar-refractivity contribution in [3.05, 3.63) is 0 Å². The zero-order valence-electron chi connectivity index (χ0n) is 12.9. The SMILES string of the molecule is CN1CCC(CCNC(=O)CC2CCCC(N)C2)CC1. The summed E-state index contributed by atoms with van der Waals surface area (Å²) >= 11 is 0. The van der Waals surface area contributed by atoms with Gasteiger partial charge in [0.2, 0.25) is 5.91 Å². The van der Waals surface area contributed by atoms with Crippen molar-refractivity contribution in [2.24, 2.45) is 17.6 Å². The van der Waals surface area contributed by atoms with E-state index in [4.69, 9.17) is 5.73 Å². The highest BCUT2D eigenvalue weighted by molar-refractivity contribution is 5.76. The maximum absolute atomic E-state index is 12.0. The molecule has 0 spiro atoms. The first-order valence-corrected chi connectivity index (χ1v) is 8.34. The fraction of sp³-hybridized carbons (Fsp3) is 0.938. The summed E-state index contributed by atoms with van der Waals surface area (Å²) in [4.78, 5) is 14.3. The molecular formula is C16H31N3O. The van der Waals surface area contributed by atoms with Crippen molar-refractivity contribution in [1.82, 2.24) is 10.2 Å². The van der Waals surface area contributed by atoms with Gasteiger partial charge in [-0.1, -0.05) is 6.42 Å². The Kier molecular flexibility index (Phi) is 6.30. The van der Waals surface area contributed by atoms with E-state index in [2.05, 4.69) is 17.3 Å². The van der Waals surface area contributed by atoms with E-state index in [9.17, 15) is 4.79 Å². The molecule has 3 N–H and O–H groups in total. The minimum atomic E-state index is 0.233. The van der Waals surface area contributed by atoms with Gasteiger partial charge in [-0.2, -0.15) is 0 Å². The van der Waals surface area contributed by atoms with Gasteiger partial charge in [0.25, 0.3) is 0 Å². The van der Waals surface area contributed by atoms with Gasteiger partial charge >= 0.3 is 0 Å². The van der Waals surface area contributed by atoms with Crippen LogP contribution in [0.3, 0.4) is 0 Å². The molecule has 0 aromatic rings. The highest BCUT2D eigenvalue weighted by atomic mass is 16.1. The number of piperidine rings is 1. The Balaban J connectivity index is 1.56. The second kappa shape index (κ2) is 7.99. The van der Waals surface area contributed by atoms with Crippen LogP contribution in [0.25, 0.3) is 0 Å². The van der Waals surface area contributed by atoms with Crippen LogP contribution >= 0.6 is 0 Å². The molecule has 0 bridgehead atoms. The van der Waals surface area contributed by atoms with Gasteiger partial charge in [-0.05, 0) is 70.5 Å². The number of nitrogens with one attached hydrogen (secondary N) is 1. The van der Waals surface area contributed by atoms with Crippen LogP contribution in [0.4, 0.5) is 0 Å². The second-order valence-electron chi connectivity index (χ2n) is 6.88. The van der Waals surface area contributed by atoms with E-state index in [-0.39, 0.29) is 5.91 Å². The molecule has 116 valence electrons. The van der Waals surface area contributed by atoms with Crippen LogP contribution in [-0.4, -0.2) is 43.5 Å². The van der Waals surface area contributed by atoms with Crippen molar-refractivity contribution in [3.63, 3.8) is 0 Å². The Morgan fingerprint density at radius 3 is 2.65 bits per heavy atom. The minimum absolute atomic E-state index is 0.233. The normalized spacial score (nSPS) is 29.3. The molecule has 1 aliphatic heterocycles. The van der Waals surface area contributed by atoms with E-state index < -0.39 is 0 Å². The van der Waals surface area contributed by atoms with Crippen LogP contribution < -0.4 is 11.1 Å². The molecule has 1 saturated heterocycles. The Bertz CT molecular complexity index is 300. The van der Waals surface area contributed by atoms with Crippen molar-refractivity contribution < 1.29 is 4.79 Å². The molecule has 0 radical (unpaired) electrons. The third kappa shape index (κ3) is 5.41. The molecule has 1 saturated carbocycles. The molecule has 2 fully saturated rings. The first-order chi connectivity index (χ1) is 9.63. The number of carbonyl (C=O) groups excluding carboxylic acids is 1. The van der Waals surface area contributed by atoms with Crippen molar-refractivity contribution in [2.75, 3.05) is 26.7 Å². The second-order valence-corrected chi connectivity index (χ2v) is 6.88. The third-order valence-corrected chi connectivity index (χ3v) is 5.01. The summed E-state index contributed by atoms with van der Waals surface area (Å²) in [6.07, 6.45) is 8.92. The van der Waals surface area contributed by atoms with Crippen LogP contribution in [0.2, 0.25) is 0 Å². The number of hydrogen-bond donors (Lipinski definition) is 2. The molecule has 0 aromatic heterocycles. The average molecular weight is 281 g/mol. The number of rotatable bonds is 5. The summed E-state index contributed by atoms with van der Waals surface area (Å²) in [6.45, 7) is 3.27. The Morgan fingerprint density at radius 1 is 1.20 bits per heavy atom. The molecular weight excluding hydrogens is 250 g/mol. The number of hydrogen-bond acceptors (Lipinski definition) is 3. The van der Waals surface area contributed by atoms with E-state index in [0.29, 0.717) is 18.4 Å². The summed E-state index contributed by atoms with van der Waals surface area (Å²) in [5.41, 5.74) is 5.97. The molecule has 1 amide bonds. The van der Waals surface area contributed by atoms with Gasteiger partial charge in [0.1, 0.15) is 0 Å². The highest BCUT2D eigenvalue weighted by Gasteiger charge is 2.22. The van der Waals surface area contributed by atoms with Gasteiger partial charge in [0.05, 0.1) is 0 Å². The predicted octanol–water partition coefficient (Wildman–Crippen LogP) is 1.74. The first kappa shape index (κ1) is 15.8. The number of likely N-dealkylation sites (tertiary alicyclic amines) is 1. The molecule has 20 heavy (non-hydrogen) atoms. The fourth-order valence-electron chi connectivity index (χ4n) is 3.62. The Labute approximate surface area is 123 Å². The van der Waals surface area contributed by atoms with Gasteiger partial charge in [0, 0.05) is 19.0 Å². The first-order valence-electron chi connectivity index (χ1n) is 8.34. The molecule has 4 heteroatoms. The quantitative estimate of drug-likeness (QED) is 0.807. The largest absolute Gasteiger partial charge is 0.356 e. The summed E-state index contributed by atoms with van der Waals surface area (Å²) < 4.78 is 0. The molecule has 1 aliphatic carbocycles. The van der Waals surface area contributed by atoms with Crippen LogP contribution in [-0.2, 0) is 4.79 Å². The lowest BCUT2D eigenvalue weighted by atomic mass is 9.84. The van der Waals surface area contributed by atoms with Crippen molar-refractivity contribution in [2.45, 2.75) is 57.4 Å². The Morgan fingerprint density at radius 2 is 1.95 bits per heavy atom. The molecule has 1 heterocycles. The monoisotopic (exact) mass is 281 g/mol. The van der Waals surface area contributed by atoms with Gasteiger partial charge in [-0.25, -0.2) is 0 Å². The molecule has 2 aliphatic rings. The molecule has 2 rings (SSSR count). The highest BCUT2D eigenvalue weighted by Crippen LogP contribution is 2.25. The van der Waals surface area contributed by atoms with Crippen LogP contribution in [0.5, 0.6) is 0 Å². The summed E-state index contributed by atoms with van der Waals surface area (Å²) in [5.74, 6) is 1.55. The number of nitrogens with zero attached hydrogens (tertiary/aromatic N) is 1. The van der Waals surface area contributed by atoms with Crippen molar-refractivity contribution in [3.8, 4) is 0 Å². The molecule has 2 unspecified atom stereocenters. The summed E-state index contributed by atoms with van der Waals surface area (Å²) in [7, 11) is 2.19. The van der Waals surface area contributed by atoms with Crippen LogP contribution in [0, 0.1) is 11.8 Å². The van der Waals surface area contributed by atoms with Crippen molar-refractivity contribution >= 4 is 5.91 Å². The maximum atomic E-state index is 12.0. The molecule has 0 aromatic carbocycles. The topological polar surface area (TPSA) is 58.4 Å². The van der Waals surface area contributed by atoms with E-state index in [1.807, 2.05) is 0 Å². The average Bonchev–Trinajstić information content (AvgIpc) is 2.41. The zero-order chi connectivity index (χ0) is 14.4. The minimum Gasteiger partial charge on any atom is -0.356 e. The van der Waals surface area contributed by atoms with E-state index in [1.165, 1.54) is 38.8 Å².